The van der Waals surface area contributed by atoms with Gasteiger partial charge < -0.3 is 10.2 Å². The summed E-state index contributed by atoms with van der Waals surface area (Å²) in [6.07, 6.45) is 1.85. The molecule has 2 amide bonds. The molecule has 0 bridgehead atoms. The number of likely N-dealkylation sites (tertiary alicyclic amines) is 1. The molecule has 0 aliphatic carbocycles. The van der Waals surface area contributed by atoms with E-state index in [0.29, 0.717) is 18.5 Å². The van der Waals surface area contributed by atoms with Gasteiger partial charge in [0.2, 0.25) is 5.91 Å². The number of carbonyl (C=O) groups excluding carboxylic acids is 2. The molecule has 32 heavy (non-hydrogen) atoms. The summed E-state index contributed by atoms with van der Waals surface area (Å²) in [4.78, 5) is 27.2. The van der Waals surface area contributed by atoms with Crippen molar-refractivity contribution in [2.45, 2.75) is 39.2 Å². The maximum Gasteiger partial charge on any atom is 0.260 e. The number of nitrogens with zero attached hydrogens (tertiary/aromatic N) is 3. The van der Waals surface area contributed by atoms with E-state index in [0.717, 1.165) is 35.6 Å². The van der Waals surface area contributed by atoms with Crippen molar-refractivity contribution >= 4 is 17.5 Å². The number of piperidine rings is 1. The van der Waals surface area contributed by atoms with Crippen molar-refractivity contribution in [2.75, 3.05) is 11.9 Å². The summed E-state index contributed by atoms with van der Waals surface area (Å²) in [6.45, 7) is 4.15. The fourth-order valence-electron chi connectivity index (χ4n) is 4.09. The van der Waals surface area contributed by atoms with Gasteiger partial charge in [-0.15, -0.1) is 0 Å². The summed E-state index contributed by atoms with van der Waals surface area (Å²) in [5.41, 5.74) is 2.71. The van der Waals surface area contributed by atoms with E-state index in [1.165, 1.54) is 11.0 Å². The number of anilines is 1. The van der Waals surface area contributed by atoms with Gasteiger partial charge >= 0.3 is 0 Å². The molecule has 8 heteroatoms. The summed E-state index contributed by atoms with van der Waals surface area (Å²) in [5.74, 6) is -3.05. The SMILES string of the molecule is Cc1cc(C)n(-c2ccc(NC(=O)[C@H]3CCCCN3C(=O)c3c(F)cccc3F)cc2)n1. The molecule has 6 nitrogen and oxygen atoms in total. The van der Waals surface area contributed by atoms with Gasteiger partial charge in [-0.1, -0.05) is 6.07 Å². The highest BCUT2D eigenvalue weighted by molar-refractivity contribution is 6.01. The second-order valence-electron chi connectivity index (χ2n) is 7.98. The Balaban J connectivity index is 1.51. The minimum atomic E-state index is -0.931. The van der Waals surface area contributed by atoms with E-state index in [2.05, 4.69) is 10.4 Å². The molecule has 1 aliphatic rings. The van der Waals surface area contributed by atoms with Gasteiger partial charge in [-0.2, -0.15) is 5.10 Å². The normalized spacial score (nSPS) is 16.1. The van der Waals surface area contributed by atoms with E-state index >= 15 is 0 Å². The molecule has 166 valence electrons. The Labute approximate surface area is 184 Å². The number of amides is 2. The van der Waals surface area contributed by atoms with Crippen LogP contribution >= 0.6 is 0 Å². The summed E-state index contributed by atoms with van der Waals surface area (Å²) in [5, 5.41) is 7.27. The Hall–Kier alpha value is -3.55. The van der Waals surface area contributed by atoms with Crippen LogP contribution in [0.3, 0.4) is 0 Å². The predicted octanol–water partition coefficient (Wildman–Crippen LogP) is 4.40. The van der Waals surface area contributed by atoms with Crippen molar-refractivity contribution in [3.63, 3.8) is 0 Å². The number of rotatable bonds is 4. The lowest BCUT2D eigenvalue weighted by Crippen LogP contribution is -2.50. The van der Waals surface area contributed by atoms with Gasteiger partial charge in [-0.05, 0) is 75.6 Å². The first kappa shape index (κ1) is 21.7. The van der Waals surface area contributed by atoms with Crippen molar-refractivity contribution < 1.29 is 18.4 Å². The maximum atomic E-state index is 14.1. The molecule has 1 aliphatic heterocycles. The number of halogens is 2. The zero-order valence-electron chi connectivity index (χ0n) is 17.9. The number of carbonyl (C=O) groups is 2. The van der Waals surface area contributed by atoms with Crippen LogP contribution in [-0.2, 0) is 4.79 Å². The standard InChI is InChI=1S/C24H24F2N4O2/c1-15-14-16(2)30(28-15)18-11-9-17(10-12-18)27-23(31)21-8-3-4-13-29(21)24(32)22-19(25)6-5-7-20(22)26/h5-7,9-12,14,21H,3-4,8,13H2,1-2H3,(H,27,31)/t21-/m1/s1. The molecule has 0 spiro atoms. The minimum Gasteiger partial charge on any atom is -0.326 e. The topological polar surface area (TPSA) is 67.2 Å². The molecule has 2 aromatic carbocycles. The van der Waals surface area contributed by atoms with Crippen LogP contribution in [0.1, 0.15) is 41.0 Å². The van der Waals surface area contributed by atoms with Gasteiger partial charge in [-0.3, -0.25) is 9.59 Å². The molecular formula is C24H24F2N4O2. The third-order valence-electron chi connectivity index (χ3n) is 5.63. The van der Waals surface area contributed by atoms with Crippen LogP contribution in [0.4, 0.5) is 14.5 Å². The van der Waals surface area contributed by atoms with E-state index in [9.17, 15) is 18.4 Å². The Kier molecular flexibility index (Phi) is 6.03. The number of aromatic nitrogens is 2. The quantitative estimate of drug-likeness (QED) is 0.657. The average molecular weight is 438 g/mol. The smallest absolute Gasteiger partial charge is 0.260 e. The molecule has 1 atom stereocenters. The Morgan fingerprint density at radius 1 is 1.03 bits per heavy atom. The van der Waals surface area contributed by atoms with Crippen LogP contribution < -0.4 is 5.32 Å². The first-order valence-corrected chi connectivity index (χ1v) is 10.5. The van der Waals surface area contributed by atoms with Crippen LogP contribution in [0.2, 0.25) is 0 Å². The molecular weight excluding hydrogens is 414 g/mol. The van der Waals surface area contributed by atoms with E-state index in [1.54, 1.807) is 12.1 Å². The fraction of sp³-hybridized carbons (Fsp3) is 0.292. The lowest BCUT2D eigenvalue weighted by Gasteiger charge is -2.34. The molecule has 1 N–H and O–H groups in total. The Morgan fingerprint density at radius 3 is 2.34 bits per heavy atom. The van der Waals surface area contributed by atoms with Gasteiger partial charge in [-0.25, -0.2) is 13.5 Å². The Bertz CT molecular complexity index is 1140. The summed E-state index contributed by atoms with van der Waals surface area (Å²) in [6, 6.07) is 11.7. The molecule has 0 saturated carbocycles. The summed E-state index contributed by atoms with van der Waals surface area (Å²) >= 11 is 0. The van der Waals surface area contributed by atoms with Crippen LogP contribution in [0, 0.1) is 25.5 Å². The first-order chi connectivity index (χ1) is 15.3. The molecule has 0 unspecified atom stereocenters. The second kappa shape index (κ2) is 8.90. The van der Waals surface area contributed by atoms with Gasteiger partial charge in [0.1, 0.15) is 23.2 Å². The second-order valence-corrected chi connectivity index (χ2v) is 7.98. The summed E-state index contributed by atoms with van der Waals surface area (Å²) in [7, 11) is 0. The number of benzene rings is 2. The van der Waals surface area contributed by atoms with Crippen molar-refractivity contribution in [1.82, 2.24) is 14.7 Å². The molecule has 3 aromatic rings. The van der Waals surface area contributed by atoms with Crippen molar-refractivity contribution in [3.8, 4) is 5.69 Å². The highest BCUT2D eigenvalue weighted by Gasteiger charge is 2.34. The van der Waals surface area contributed by atoms with E-state index in [4.69, 9.17) is 0 Å². The van der Waals surface area contributed by atoms with E-state index in [1.807, 2.05) is 36.7 Å². The molecule has 1 aromatic heterocycles. The highest BCUT2D eigenvalue weighted by atomic mass is 19.1. The van der Waals surface area contributed by atoms with Crippen LogP contribution in [0.25, 0.3) is 5.69 Å². The predicted molar refractivity (Wildman–Crippen MR) is 117 cm³/mol. The number of nitrogens with one attached hydrogen (secondary N) is 1. The average Bonchev–Trinajstić information content (AvgIpc) is 3.12. The molecule has 1 fully saturated rings. The lowest BCUT2D eigenvalue weighted by molar-refractivity contribution is -0.121. The molecule has 2 heterocycles. The van der Waals surface area contributed by atoms with Crippen LogP contribution in [0.5, 0.6) is 0 Å². The third-order valence-corrected chi connectivity index (χ3v) is 5.63. The molecule has 4 rings (SSSR count). The molecule has 1 saturated heterocycles. The monoisotopic (exact) mass is 438 g/mol. The first-order valence-electron chi connectivity index (χ1n) is 10.5. The number of aryl methyl sites for hydroxylation is 2. The number of hydrogen-bond donors (Lipinski definition) is 1. The van der Waals surface area contributed by atoms with Crippen molar-refractivity contribution in [3.05, 3.63) is 77.1 Å². The van der Waals surface area contributed by atoms with Crippen molar-refractivity contribution in [1.29, 1.82) is 0 Å². The van der Waals surface area contributed by atoms with Gasteiger partial charge in [0.05, 0.1) is 11.4 Å². The molecule has 0 radical (unpaired) electrons. The number of hydrogen-bond acceptors (Lipinski definition) is 3. The van der Waals surface area contributed by atoms with E-state index < -0.39 is 29.1 Å². The highest BCUT2D eigenvalue weighted by Crippen LogP contribution is 2.24. The van der Waals surface area contributed by atoms with E-state index in [-0.39, 0.29) is 12.5 Å². The van der Waals surface area contributed by atoms with Gasteiger partial charge in [0, 0.05) is 17.9 Å². The van der Waals surface area contributed by atoms with Crippen LogP contribution in [0.15, 0.2) is 48.5 Å². The largest absolute Gasteiger partial charge is 0.326 e. The third kappa shape index (κ3) is 4.26. The van der Waals surface area contributed by atoms with Crippen molar-refractivity contribution in [2.24, 2.45) is 0 Å². The summed E-state index contributed by atoms with van der Waals surface area (Å²) < 4.78 is 30.1. The zero-order valence-corrected chi connectivity index (χ0v) is 17.9. The lowest BCUT2D eigenvalue weighted by atomic mass is 9.99. The zero-order chi connectivity index (χ0) is 22.8. The minimum absolute atomic E-state index is 0.265. The maximum absolute atomic E-state index is 14.1. The van der Waals surface area contributed by atoms with Gasteiger partial charge in [0.15, 0.2) is 0 Å². The van der Waals surface area contributed by atoms with Gasteiger partial charge in [0.25, 0.3) is 5.91 Å². The Morgan fingerprint density at radius 2 is 1.72 bits per heavy atom. The van der Waals surface area contributed by atoms with Crippen LogP contribution in [-0.4, -0.2) is 39.1 Å². The fourth-order valence-corrected chi connectivity index (χ4v) is 4.09.